The Morgan fingerprint density at radius 2 is 2.07 bits per heavy atom. The van der Waals surface area contributed by atoms with Crippen LogP contribution in [0.1, 0.15) is 27.7 Å². The van der Waals surface area contributed by atoms with Crippen molar-refractivity contribution < 1.29 is 14.6 Å². The molecule has 0 radical (unpaired) electrons. The van der Waals surface area contributed by atoms with Crippen molar-refractivity contribution >= 4 is 6.09 Å². The molecule has 0 spiro atoms. The number of carbonyl (C=O) groups is 1. The molecule has 0 aliphatic carbocycles. The van der Waals surface area contributed by atoms with Gasteiger partial charge in [-0.3, -0.25) is 0 Å². The number of aliphatic hydroxyl groups excluding tert-OH is 1. The van der Waals surface area contributed by atoms with Crippen molar-refractivity contribution in [2.24, 2.45) is 5.73 Å². The van der Waals surface area contributed by atoms with Crippen LogP contribution in [-0.4, -0.2) is 35.5 Å². The first-order valence-corrected chi connectivity index (χ1v) is 4.64. The number of nitrogens with one attached hydrogen (secondary N) is 1. The van der Waals surface area contributed by atoms with Gasteiger partial charge in [-0.25, -0.2) is 4.79 Å². The summed E-state index contributed by atoms with van der Waals surface area (Å²) in [6.07, 6.45) is -1.29. The van der Waals surface area contributed by atoms with Gasteiger partial charge in [-0.2, -0.15) is 0 Å². The third kappa shape index (κ3) is 5.77. The molecule has 5 nitrogen and oxygen atoms in total. The van der Waals surface area contributed by atoms with Crippen LogP contribution in [0.25, 0.3) is 0 Å². The summed E-state index contributed by atoms with van der Waals surface area (Å²) in [7, 11) is 0. The Bertz CT molecular complexity index is 189. The van der Waals surface area contributed by atoms with Crippen LogP contribution >= 0.6 is 0 Å². The van der Waals surface area contributed by atoms with E-state index in [2.05, 4.69) is 5.32 Å². The molecule has 0 aromatic carbocycles. The molecular formula is C9H20N2O3. The number of carbonyl (C=O) groups excluding carboxylic acids is 1. The van der Waals surface area contributed by atoms with Crippen molar-refractivity contribution in [3.63, 3.8) is 0 Å². The van der Waals surface area contributed by atoms with E-state index in [0.29, 0.717) is 0 Å². The first-order chi connectivity index (χ1) is 6.26. The van der Waals surface area contributed by atoms with E-state index in [1.807, 2.05) is 0 Å². The molecule has 1 amide bonds. The quantitative estimate of drug-likeness (QED) is 0.614. The second-order valence-electron chi connectivity index (χ2n) is 4.24. The number of ether oxygens (including phenoxy) is 1. The van der Waals surface area contributed by atoms with E-state index in [-0.39, 0.29) is 6.54 Å². The van der Waals surface area contributed by atoms with E-state index < -0.39 is 23.8 Å². The lowest BCUT2D eigenvalue weighted by Gasteiger charge is -2.23. The zero-order chi connectivity index (χ0) is 11.4. The van der Waals surface area contributed by atoms with Gasteiger partial charge in [0.25, 0.3) is 0 Å². The monoisotopic (exact) mass is 204 g/mol. The molecule has 0 heterocycles. The highest BCUT2D eigenvalue weighted by molar-refractivity contribution is 5.68. The Balaban J connectivity index is 3.95. The molecule has 0 aromatic heterocycles. The molecule has 84 valence electrons. The van der Waals surface area contributed by atoms with Gasteiger partial charge in [0.05, 0.1) is 12.1 Å². The number of nitrogens with two attached hydrogens (primary N) is 1. The largest absolute Gasteiger partial charge is 0.444 e. The normalized spacial score (nSPS) is 15.9. The summed E-state index contributed by atoms with van der Waals surface area (Å²) in [5.74, 6) is 0. The molecule has 0 aliphatic heterocycles. The van der Waals surface area contributed by atoms with Crippen LogP contribution in [0.2, 0.25) is 0 Å². The summed E-state index contributed by atoms with van der Waals surface area (Å²) in [6.45, 7) is 7.10. The Kier molecular flexibility index (Phi) is 4.87. The topological polar surface area (TPSA) is 84.6 Å². The predicted molar refractivity (Wildman–Crippen MR) is 53.9 cm³/mol. The van der Waals surface area contributed by atoms with Crippen molar-refractivity contribution in [3.05, 3.63) is 0 Å². The Morgan fingerprint density at radius 3 is 2.43 bits per heavy atom. The van der Waals surface area contributed by atoms with E-state index in [0.717, 1.165) is 0 Å². The third-order valence-electron chi connectivity index (χ3n) is 1.56. The number of alkyl carbamates (subject to hydrolysis) is 1. The molecule has 0 aromatic rings. The molecule has 2 atom stereocenters. The van der Waals surface area contributed by atoms with Gasteiger partial charge in [0.15, 0.2) is 0 Å². The molecule has 5 heteroatoms. The second kappa shape index (κ2) is 5.17. The number of aliphatic hydroxyl groups is 1. The summed E-state index contributed by atoms with van der Waals surface area (Å²) in [5.41, 5.74) is 4.70. The fraction of sp³-hybridized carbons (Fsp3) is 0.889. The summed E-state index contributed by atoms with van der Waals surface area (Å²) in [6, 6.07) is -0.408. The van der Waals surface area contributed by atoms with Gasteiger partial charge in [0.2, 0.25) is 0 Å². The lowest BCUT2D eigenvalue weighted by atomic mass is 10.2. The minimum atomic E-state index is -0.748. The fourth-order valence-corrected chi connectivity index (χ4v) is 0.794. The van der Waals surface area contributed by atoms with Crippen LogP contribution < -0.4 is 11.1 Å². The zero-order valence-electron chi connectivity index (χ0n) is 9.20. The molecule has 14 heavy (non-hydrogen) atoms. The minimum Gasteiger partial charge on any atom is -0.444 e. The summed E-state index contributed by atoms with van der Waals surface area (Å²) in [5, 5.41) is 11.8. The SMILES string of the molecule is C[C@H](NC(=O)OC(C)(C)C)[C@@H](O)CN. The summed E-state index contributed by atoms with van der Waals surface area (Å²) < 4.78 is 5.00. The lowest BCUT2D eigenvalue weighted by molar-refractivity contribution is 0.0443. The average molecular weight is 204 g/mol. The highest BCUT2D eigenvalue weighted by Crippen LogP contribution is 2.06. The average Bonchev–Trinajstić information content (AvgIpc) is 1.99. The van der Waals surface area contributed by atoms with Gasteiger partial charge in [-0.15, -0.1) is 0 Å². The molecule has 0 fully saturated rings. The molecule has 0 bridgehead atoms. The number of rotatable bonds is 3. The van der Waals surface area contributed by atoms with E-state index in [9.17, 15) is 9.90 Å². The molecule has 0 aliphatic rings. The van der Waals surface area contributed by atoms with Crippen LogP contribution in [-0.2, 0) is 4.74 Å². The number of hydrogen-bond acceptors (Lipinski definition) is 4. The second-order valence-corrected chi connectivity index (χ2v) is 4.24. The molecule has 0 rings (SSSR count). The maximum absolute atomic E-state index is 11.2. The standard InChI is InChI=1S/C9H20N2O3/c1-6(7(12)5-10)11-8(13)14-9(2,3)4/h6-7,12H,5,10H2,1-4H3,(H,11,13)/t6-,7-/m0/s1. The molecular weight excluding hydrogens is 184 g/mol. The van der Waals surface area contributed by atoms with Crippen molar-refractivity contribution in [1.82, 2.24) is 5.32 Å². The fourth-order valence-electron chi connectivity index (χ4n) is 0.794. The van der Waals surface area contributed by atoms with Gasteiger partial charge < -0.3 is 20.9 Å². The number of hydrogen-bond donors (Lipinski definition) is 3. The van der Waals surface area contributed by atoms with Crippen LogP contribution in [0.5, 0.6) is 0 Å². The smallest absolute Gasteiger partial charge is 0.407 e. The van der Waals surface area contributed by atoms with Gasteiger partial charge in [0.1, 0.15) is 5.60 Å². The van der Waals surface area contributed by atoms with Crippen molar-refractivity contribution in [3.8, 4) is 0 Å². The van der Waals surface area contributed by atoms with Crippen LogP contribution in [0.3, 0.4) is 0 Å². The van der Waals surface area contributed by atoms with Crippen LogP contribution in [0, 0.1) is 0 Å². The predicted octanol–water partition coefficient (Wildman–Crippen LogP) is 0.219. The first-order valence-electron chi connectivity index (χ1n) is 4.64. The maximum Gasteiger partial charge on any atom is 0.407 e. The van der Waals surface area contributed by atoms with E-state index >= 15 is 0 Å². The highest BCUT2D eigenvalue weighted by atomic mass is 16.6. The van der Waals surface area contributed by atoms with Crippen molar-refractivity contribution in [2.45, 2.75) is 45.4 Å². The summed E-state index contributed by atoms with van der Waals surface area (Å²) >= 11 is 0. The van der Waals surface area contributed by atoms with E-state index in [1.54, 1.807) is 27.7 Å². The Hall–Kier alpha value is -0.810. The van der Waals surface area contributed by atoms with Crippen LogP contribution in [0.15, 0.2) is 0 Å². The van der Waals surface area contributed by atoms with Crippen molar-refractivity contribution in [2.75, 3.05) is 6.54 Å². The van der Waals surface area contributed by atoms with E-state index in [1.165, 1.54) is 0 Å². The van der Waals surface area contributed by atoms with Gasteiger partial charge in [-0.1, -0.05) is 0 Å². The van der Waals surface area contributed by atoms with Gasteiger partial charge in [-0.05, 0) is 27.7 Å². The van der Waals surface area contributed by atoms with Gasteiger partial charge >= 0.3 is 6.09 Å². The Labute approximate surface area is 84.6 Å². The van der Waals surface area contributed by atoms with E-state index in [4.69, 9.17) is 10.5 Å². The molecule has 0 saturated heterocycles. The lowest BCUT2D eigenvalue weighted by Crippen LogP contribution is -2.46. The highest BCUT2D eigenvalue weighted by Gasteiger charge is 2.20. The number of amides is 1. The molecule has 4 N–H and O–H groups in total. The maximum atomic E-state index is 11.2. The molecule has 0 unspecified atom stereocenters. The summed E-state index contributed by atoms with van der Waals surface area (Å²) in [4.78, 5) is 11.2. The van der Waals surface area contributed by atoms with Crippen LogP contribution in [0.4, 0.5) is 4.79 Å². The third-order valence-corrected chi connectivity index (χ3v) is 1.56. The molecule has 0 saturated carbocycles. The zero-order valence-corrected chi connectivity index (χ0v) is 9.20. The first kappa shape index (κ1) is 13.2. The minimum absolute atomic E-state index is 0.108. The van der Waals surface area contributed by atoms with Crippen molar-refractivity contribution in [1.29, 1.82) is 0 Å². The van der Waals surface area contributed by atoms with Gasteiger partial charge in [0, 0.05) is 6.54 Å². The Morgan fingerprint density at radius 1 is 1.57 bits per heavy atom.